The van der Waals surface area contributed by atoms with Gasteiger partial charge in [0.25, 0.3) is 0 Å². The zero-order valence-corrected chi connectivity index (χ0v) is 12.1. The van der Waals surface area contributed by atoms with Crippen molar-refractivity contribution in [1.29, 1.82) is 0 Å². The lowest BCUT2D eigenvalue weighted by molar-refractivity contribution is 0.200. The highest BCUT2D eigenvalue weighted by Crippen LogP contribution is 2.19. The Hall–Kier alpha value is -2.14. The molecule has 0 saturated heterocycles. The fraction of sp³-hybridized carbons (Fsp3) is 0.333. The molecule has 106 valence electrons. The maximum absolute atomic E-state index is 5.81. The van der Waals surface area contributed by atoms with Crippen molar-refractivity contribution in [3.8, 4) is 0 Å². The molecule has 2 rings (SSSR count). The number of hydrogen-bond acceptors (Lipinski definition) is 5. The minimum absolute atomic E-state index is 0.456. The van der Waals surface area contributed by atoms with Crippen LogP contribution in [0.5, 0.6) is 0 Å². The summed E-state index contributed by atoms with van der Waals surface area (Å²) in [5.41, 5.74) is 9.29. The van der Waals surface area contributed by atoms with Crippen molar-refractivity contribution in [3.63, 3.8) is 0 Å². The van der Waals surface area contributed by atoms with Gasteiger partial charge in [0.2, 0.25) is 0 Å². The van der Waals surface area contributed by atoms with Crippen LogP contribution in [0.4, 0.5) is 17.3 Å². The first-order chi connectivity index (χ1) is 9.58. The number of hydrogen-bond donors (Lipinski definition) is 2. The SMILES string of the molecule is COCCc1nc(N)cc(Nc2ccc(C)c(C)c2)n1. The van der Waals surface area contributed by atoms with Gasteiger partial charge in [0.15, 0.2) is 0 Å². The molecule has 0 spiro atoms. The van der Waals surface area contributed by atoms with Crippen molar-refractivity contribution < 1.29 is 4.74 Å². The number of methoxy groups -OCH3 is 1. The van der Waals surface area contributed by atoms with Crippen LogP contribution in [0, 0.1) is 13.8 Å². The van der Waals surface area contributed by atoms with Gasteiger partial charge in [-0.3, -0.25) is 0 Å². The predicted molar refractivity (Wildman–Crippen MR) is 81.2 cm³/mol. The second-order valence-corrected chi connectivity index (χ2v) is 4.76. The van der Waals surface area contributed by atoms with Gasteiger partial charge in [-0.25, -0.2) is 9.97 Å². The summed E-state index contributed by atoms with van der Waals surface area (Å²) in [5, 5.41) is 3.26. The van der Waals surface area contributed by atoms with Crippen LogP contribution in [0.3, 0.4) is 0 Å². The van der Waals surface area contributed by atoms with Crippen LogP contribution in [-0.2, 0) is 11.2 Å². The molecule has 0 aliphatic heterocycles. The Morgan fingerprint density at radius 1 is 1.15 bits per heavy atom. The molecule has 3 N–H and O–H groups in total. The Bertz CT molecular complexity index is 598. The van der Waals surface area contributed by atoms with E-state index in [-0.39, 0.29) is 0 Å². The van der Waals surface area contributed by atoms with Crippen LogP contribution in [0.25, 0.3) is 0 Å². The fourth-order valence-corrected chi connectivity index (χ4v) is 1.85. The maximum atomic E-state index is 5.81. The third kappa shape index (κ3) is 3.68. The standard InChI is InChI=1S/C15H20N4O/c1-10-4-5-12(8-11(10)2)17-15-9-13(16)18-14(19-15)6-7-20-3/h4-5,8-9H,6-7H2,1-3H3,(H3,16,17,18,19). The topological polar surface area (TPSA) is 73.1 Å². The number of aromatic nitrogens is 2. The molecular weight excluding hydrogens is 252 g/mol. The summed E-state index contributed by atoms with van der Waals surface area (Å²) >= 11 is 0. The van der Waals surface area contributed by atoms with Crippen molar-refractivity contribution in [2.75, 3.05) is 24.8 Å². The van der Waals surface area contributed by atoms with Crippen LogP contribution in [-0.4, -0.2) is 23.7 Å². The molecule has 0 aliphatic rings. The number of nitrogens with zero attached hydrogens (tertiary/aromatic N) is 2. The van der Waals surface area contributed by atoms with Crippen molar-refractivity contribution in [2.24, 2.45) is 0 Å². The summed E-state index contributed by atoms with van der Waals surface area (Å²) in [6.45, 7) is 4.75. The molecule has 0 aliphatic carbocycles. The van der Waals surface area contributed by atoms with Gasteiger partial charge in [-0.1, -0.05) is 6.07 Å². The Labute approximate surface area is 119 Å². The van der Waals surface area contributed by atoms with E-state index in [4.69, 9.17) is 10.5 Å². The van der Waals surface area contributed by atoms with E-state index in [1.807, 2.05) is 6.07 Å². The van der Waals surface area contributed by atoms with Crippen molar-refractivity contribution >= 4 is 17.3 Å². The molecule has 1 heterocycles. The molecule has 5 nitrogen and oxygen atoms in total. The van der Waals surface area contributed by atoms with E-state index < -0.39 is 0 Å². The highest BCUT2D eigenvalue weighted by molar-refractivity contribution is 5.60. The van der Waals surface area contributed by atoms with Crippen LogP contribution >= 0.6 is 0 Å². The van der Waals surface area contributed by atoms with E-state index in [0.29, 0.717) is 30.5 Å². The minimum Gasteiger partial charge on any atom is -0.384 e. The summed E-state index contributed by atoms with van der Waals surface area (Å²) in [6.07, 6.45) is 0.642. The van der Waals surface area contributed by atoms with Gasteiger partial charge >= 0.3 is 0 Å². The van der Waals surface area contributed by atoms with E-state index in [0.717, 1.165) is 5.69 Å². The number of aryl methyl sites for hydroxylation is 2. The third-order valence-corrected chi connectivity index (χ3v) is 3.10. The van der Waals surface area contributed by atoms with Crippen molar-refractivity contribution in [1.82, 2.24) is 9.97 Å². The summed E-state index contributed by atoms with van der Waals surface area (Å²) in [5.74, 6) is 1.84. The quantitative estimate of drug-likeness (QED) is 0.875. The zero-order chi connectivity index (χ0) is 14.5. The maximum Gasteiger partial charge on any atom is 0.136 e. The summed E-state index contributed by atoms with van der Waals surface area (Å²) in [7, 11) is 1.65. The molecule has 0 radical (unpaired) electrons. The van der Waals surface area contributed by atoms with Gasteiger partial charge < -0.3 is 15.8 Å². The monoisotopic (exact) mass is 272 g/mol. The molecule has 0 bridgehead atoms. The van der Waals surface area contributed by atoms with Gasteiger partial charge in [-0.05, 0) is 37.1 Å². The average Bonchev–Trinajstić information content (AvgIpc) is 2.40. The predicted octanol–water partition coefficient (Wildman–Crippen LogP) is 2.61. The number of nitrogens with two attached hydrogens (primary N) is 1. The van der Waals surface area contributed by atoms with Gasteiger partial charge in [0, 0.05) is 25.3 Å². The third-order valence-electron chi connectivity index (χ3n) is 3.10. The van der Waals surface area contributed by atoms with Crippen LogP contribution < -0.4 is 11.1 Å². The Kier molecular flexibility index (Phi) is 4.53. The number of nitrogens with one attached hydrogen (secondary N) is 1. The van der Waals surface area contributed by atoms with Gasteiger partial charge in [0.05, 0.1) is 6.61 Å². The first kappa shape index (κ1) is 14.3. The number of nitrogen functional groups attached to an aromatic ring is 1. The van der Waals surface area contributed by atoms with Crippen molar-refractivity contribution in [2.45, 2.75) is 20.3 Å². The molecule has 2 aromatic rings. The molecule has 0 unspecified atom stereocenters. The zero-order valence-electron chi connectivity index (χ0n) is 12.1. The Morgan fingerprint density at radius 2 is 1.95 bits per heavy atom. The average molecular weight is 272 g/mol. The molecule has 20 heavy (non-hydrogen) atoms. The van der Waals surface area contributed by atoms with Gasteiger partial charge in [0.1, 0.15) is 17.5 Å². The lowest BCUT2D eigenvalue weighted by atomic mass is 10.1. The van der Waals surface area contributed by atoms with Gasteiger partial charge in [-0.2, -0.15) is 0 Å². The van der Waals surface area contributed by atoms with Crippen LogP contribution in [0.15, 0.2) is 24.3 Å². The molecule has 0 fully saturated rings. The molecule has 0 amide bonds. The van der Waals surface area contributed by atoms with Crippen LogP contribution in [0.2, 0.25) is 0 Å². The molecule has 0 atom stereocenters. The normalized spacial score (nSPS) is 10.6. The summed E-state index contributed by atoms with van der Waals surface area (Å²) in [4.78, 5) is 8.63. The minimum atomic E-state index is 0.456. The molecule has 1 aromatic carbocycles. The molecule has 1 aromatic heterocycles. The highest BCUT2D eigenvalue weighted by Gasteiger charge is 2.04. The number of rotatable bonds is 5. The lowest BCUT2D eigenvalue weighted by Gasteiger charge is -2.10. The Morgan fingerprint density at radius 3 is 2.65 bits per heavy atom. The smallest absolute Gasteiger partial charge is 0.136 e. The molecule has 0 saturated carbocycles. The van der Waals surface area contributed by atoms with E-state index in [1.165, 1.54) is 11.1 Å². The summed E-state index contributed by atoms with van der Waals surface area (Å²) in [6, 6.07) is 7.91. The second kappa shape index (κ2) is 6.34. The number of ether oxygens (including phenoxy) is 1. The summed E-state index contributed by atoms with van der Waals surface area (Å²) < 4.78 is 5.03. The molecular formula is C15H20N4O. The van der Waals surface area contributed by atoms with E-state index in [1.54, 1.807) is 13.2 Å². The van der Waals surface area contributed by atoms with Gasteiger partial charge in [-0.15, -0.1) is 0 Å². The Balaban J connectivity index is 2.19. The van der Waals surface area contributed by atoms with E-state index >= 15 is 0 Å². The number of benzene rings is 1. The number of anilines is 3. The second-order valence-electron chi connectivity index (χ2n) is 4.76. The van der Waals surface area contributed by atoms with Crippen molar-refractivity contribution in [3.05, 3.63) is 41.2 Å². The lowest BCUT2D eigenvalue weighted by Crippen LogP contribution is -2.06. The first-order valence-electron chi connectivity index (χ1n) is 6.55. The fourth-order valence-electron chi connectivity index (χ4n) is 1.85. The van der Waals surface area contributed by atoms with E-state index in [2.05, 4.69) is 41.3 Å². The largest absolute Gasteiger partial charge is 0.384 e. The first-order valence-corrected chi connectivity index (χ1v) is 6.55. The molecule has 5 heteroatoms. The highest BCUT2D eigenvalue weighted by atomic mass is 16.5. The van der Waals surface area contributed by atoms with E-state index in [9.17, 15) is 0 Å². The van der Waals surface area contributed by atoms with Crippen LogP contribution in [0.1, 0.15) is 17.0 Å².